The molecule has 4 nitrogen and oxygen atoms in total. The second kappa shape index (κ2) is 9.60. The average Bonchev–Trinajstić information content (AvgIpc) is 3.14. The van der Waals surface area contributed by atoms with Crippen LogP contribution < -0.4 is 0 Å². The number of benzene rings is 3. The van der Waals surface area contributed by atoms with Gasteiger partial charge in [0.15, 0.2) is 12.2 Å². The van der Waals surface area contributed by atoms with Crippen LogP contribution >= 0.6 is 0 Å². The zero-order valence-electron chi connectivity index (χ0n) is 17.4. The summed E-state index contributed by atoms with van der Waals surface area (Å²) in [4.78, 5) is 4.59. The molecule has 0 saturated carbocycles. The van der Waals surface area contributed by atoms with Crippen LogP contribution in [0.25, 0.3) is 22.4 Å². The lowest BCUT2D eigenvalue weighted by atomic mass is 9.98. The maximum atomic E-state index is 10.2. The van der Waals surface area contributed by atoms with Crippen LogP contribution in [0.4, 0.5) is 5.82 Å². The minimum Gasteiger partial charge on any atom is -0.483 e. The third-order valence-corrected chi connectivity index (χ3v) is 5.06. The van der Waals surface area contributed by atoms with Gasteiger partial charge in [0.1, 0.15) is 11.6 Å². The Balaban J connectivity index is 2.04. The first-order valence-corrected chi connectivity index (χ1v) is 10.3. The van der Waals surface area contributed by atoms with Gasteiger partial charge in [-0.05, 0) is 23.6 Å². The van der Waals surface area contributed by atoms with Crippen LogP contribution in [0.3, 0.4) is 0 Å². The van der Waals surface area contributed by atoms with Gasteiger partial charge in [-0.15, -0.1) is 0 Å². The van der Waals surface area contributed by atoms with E-state index < -0.39 is 0 Å². The van der Waals surface area contributed by atoms with Crippen molar-refractivity contribution in [3.63, 3.8) is 0 Å². The fourth-order valence-electron chi connectivity index (χ4n) is 3.71. The molecule has 0 aliphatic heterocycles. The molecule has 0 fully saturated rings. The largest absolute Gasteiger partial charge is 0.483 e. The van der Waals surface area contributed by atoms with Gasteiger partial charge < -0.3 is 9.30 Å². The summed E-state index contributed by atoms with van der Waals surface area (Å²) in [5.41, 5.74) is 5.54. The maximum Gasteiger partial charge on any atom is 0.176 e. The first kappa shape index (κ1) is 20.2. The molecule has 4 heteroatoms. The van der Waals surface area contributed by atoms with E-state index >= 15 is 0 Å². The van der Waals surface area contributed by atoms with E-state index in [0.29, 0.717) is 24.5 Å². The first-order chi connectivity index (χ1) is 15.3. The SMILES string of the molecule is CCO/C=N/c1c(C#N)c(-c2ccccc2)c(-c2ccccc2)n1Cc1ccccc1. The van der Waals surface area contributed by atoms with Crippen LogP contribution in [-0.4, -0.2) is 17.6 Å². The Hall–Kier alpha value is -4.10. The lowest BCUT2D eigenvalue weighted by molar-refractivity contribution is 0.343. The van der Waals surface area contributed by atoms with Crippen LogP contribution in [0.2, 0.25) is 0 Å². The summed E-state index contributed by atoms with van der Waals surface area (Å²) in [6.45, 7) is 3.01. The fraction of sp³-hybridized carbons (Fsp3) is 0.111. The van der Waals surface area contributed by atoms with Gasteiger partial charge in [0, 0.05) is 12.1 Å². The molecule has 152 valence electrons. The summed E-state index contributed by atoms with van der Waals surface area (Å²) in [6.07, 6.45) is 1.43. The molecule has 0 atom stereocenters. The van der Waals surface area contributed by atoms with Gasteiger partial charge in [-0.3, -0.25) is 0 Å². The Morgan fingerprint density at radius 3 is 2.03 bits per heavy atom. The number of ether oxygens (including phenoxy) is 1. The van der Waals surface area contributed by atoms with Crippen molar-refractivity contribution >= 4 is 12.2 Å². The van der Waals surface area contributed by atoms with Crippen LogP contribution in [0.15, 0.2) is 96.0 Å². The van der Waals surface area contributed by atoms with E-state index in [1.807, 2.05) is 73.7 Å². The first-order valence-electron chi connectivity index (χ1n) is 10.3. The molecule has 0 aliphatic carbocycles. The summed E-state index contributed by atoms with van der Waals surface area (Å²) in [5, 5.41) is 10.2. The van der Waals surface area contributed by atoms with Crippen LogP contribution in [0.1, 0.15) is 18.1 Å². The minimum atomic E-state index is 0.516. The predicted octanol–water partition coefficient (Wildman–Crippen LogP) is 6.44. The Bertz CT molecular complexity index is 1200. The van der Waals surface area contributed by atoms with Crippen molar-refractivity contribution in [1.82, 2.24) is 4.57 Å². The number of aliphatic imine (C=N–C) groups is 1. The number of hydrogen-bond donors (Lipinski definition) is 0. The molecule has 0 unspecified atom stereocenters. The van der Waals surface area contributed by atoms with Gasteiger partial charge in [-0.25, -0.2) is 4.99 Å². The molecule has 0 radical (unpaired) electrons. The normalized spacial score (nSPS) is 10.8. The van der Waals surface area contributed by atoms with Crippen molar-refractivity contribution in [3.05, 3.63) is 102 Å². The lowest BCUT2D eigenvalue weighted by Crippen LogP contribution is -2.02. The number of aromatic nitrogens is 1. The zero-order valence-corrected chi connectivity index (χ0v) is 17.4. The standard InChI is InChI=1S/C27H23N3O/c1-2-31-20-29-27-24(18-28)25(22-14-8-4-9-15-22)26(23-16-10-5-11-17-23)30(27)19-21-12-6-3-7-13-21/h3-17,20H,2,19H2,1H3/b29-20+. The molecule has 0 spiro atoms. The molecule has 31 heavy (non-hydrogen) atoms. The van der Waals surface area contributed by atoms with Crippen molar-refractivity contribution < 1.29 is 4.74 Å². The highest BCUT2D eigenvalue weighted by Gasteiger charge is 2.25. The number of nitrogens with zero attached hydrogens (tertiary/aromatic N) is 3. The van der Waals surface area contributed by atoms with Crippen molar-refractivity contribution in [2.75, 3.05) is 6.61 Å². The summed E-state index contributed by atoms with van der Waals surface area (Å²) in [5.74, 6) is 0.595. The van der Waals surface area contributed by atoms with Gasteiger partial charge in [0.25, 0.3) is 0 Å². The van der Waals surface area contributed by atoms with E-state index in [0.717, 1.165) is 27.9 Å². The van der Waals surface area contributed by atoms with Crippen molar-refractivity contribution in [1.29, 1.82) is 5.26 Å². The molecular weight excluding hydrogens is 382 g/mol. The third-order valence-electron chi connectivity index (χ3n) is 5.06. The molecule has 1 heterocycles. The van der Waals surface area contributed by atoms with Crippen LogP contribution in [0.5, 0.6) is 0 Å². The fourth-order valence-corrected chi connectivity index (χ4v) is 3.71. The molecule has 0 amide bonds. The minimum absolute atomic E-state index is 0.516. The zero-order chi connectivity index (χ0) is 21.5. The molecule has 3 aromatic carbocycles. The highest BCUT2D eigenvalue weighted by Crippen LogP contribution is 2.43. The highest BCUT2D eigenvalue weighted by atomic mass is 16.5. The maximum absolute atomic E-state index is 10.2. The quantitative estimate of drug-likeness (QED) is 0.262. The van der Waals surface area contributed by atoms with E-state index in [4.69, 9.17) is 4.74 Å². The van der Waals surface area contributed by atoms with Gasteiger partial charge in [-0.1, -0.05) is 91.0 Å². The van der Waals surface area contributed by atoms with E-state index in [9.17, 15) is 5.26 Å². The topological polar surface area (TPSA) is 50.3 Å². The Kier molecular flexibility index (Phi) is 6.25. The third kappa shape index (κ3) is 4.26. The Labute approximate surface area is 182 Å². The molecule has 0 saturated heterocycles. The van der Waals surface area contributed by atoms with Crippen LogP contribution in [-0.2, 0) is 11.3 Å². The molecule has 1 aromatic heterocycles. The summed E-state index contributed by atoms with van der Waals surface area (Å²) < 4.78 is 7.50. The van der Waals surface area contributed by atoms with E-state index in [1.54, 1.807) is 0 Å². The van der Waals surface area contributed by atoms with Crippen molar-refractivity contribution in [2.45, 2.75) is 13.5 Å². The number of nitriles is 1. The summed E-state index contributed by atoms with van der Waals surface area (Å²) in [7, 11) is 0. The van der Waals surface area contributed by atoms with E-state index in [-0.39, 0.29) is 0 Å². The predicted molar refractivity (Wildman–Crippen MR) is 125 cm³/mol. The number of hydrogen-bond acceptors (Lipinski definition) is 3. The molecular formula is C27H23N3O. The van der Waals surface area contributed by atoms with E-state index in [1.165, 1.54) is 6.40 Å². The molecule has 0 aliphatic rings. The average molecular weight is 406 g/mol. The summed E-state index contributed by atoms with van der Waals surface area (Å²) in [6, 6.07) is 32.8. The van der Waals surface area contributed by atoms with Crippen molar-refractivity contribution in [2.24, 2.45) is 4.99 Å². The second-order valence-electron chi connectivity index (χ2n) is 7.03. The van der Waals surface area contributed by atoms with Gasteiger partial charge >= 0.3 is 0 Å². The van der Waals surface area contributed by atoms with Crippen LogP contribution in [0, 0.1) is 11.3 Å². The Morgan fingerprint density at radius 2 is 1.45 bits per heavy atom. The molecule has 4 rings (SSSR count). The highest BCUT2D eigenvalue weighted by molar-refractivity contribution is 5.91. The van der Waals surface area contributed by atoms with Crippen molar-refractivity contribution in [3.8, 4) is 28.5 Å². The van der Waals surface area contributed by atoms with E-state index in [2.05, 4.69) is 39.9 Å². The van der Waals surface area contributed by atoms with Gasteiger partial charge in [-0.2, -0.15) is 5.26 Å². The molecule has 0 N–H and O–H groups in total. The molecule has 0 bridgehead atoms. The van der Waals surface area contributed by atoms with Gasteiger partial charge in [0.05, 0.1) is 12.3 Å². The summed E-state index contributed by atoms with van der Waals surface area (Å²) >= 11 is 0. The molecule has 4 aromatic rings. The monoisotopic (exact) mass is 405 g/mol. The second-order valence-corrected chi connectivity index (χ2v) is 7.03. The van der Waals surface area contributed by atoms with Gasteiger partial charge in [0.2, 0.25) is 0 Å². The lowest BCUT2D eigenvalue weighted by Gasteiger charge is -2.13. The number of rotatable bonds is 7. The smallest absolute Gasteiger partial charge is 0.176 e. The Morgan fingerprint density at radius 1 is 0.871 bits per heavy atom.